The summed E-state index contributed by atoms with van der Waals surface area (Å²) in [6.45, 7) is 15.2. The highest BCUT2D eigenvalue weighted by Crippen LogP contribution is 2.59. The van der Waals surface area contributed by atoms with Gasteiger partial charge in [-0.25, -0.2) is 0 Å². The zero-order valence-corrected chi connectivity index (χ0v) is 33.4. The van der Waals surface area contributed by atoms with Crippen LogP contribution in [0.4, 0.5) is 5.69 Å². The quantitative estimate of drug-likeness (QED) is 0.199. The summed E-state index contributed by atoms with van der Waals surface area (Å²) in [5, 5.41) is 21.8. The highest BCUT2D eigenvalue weighted by atomic mass is 16.3. The molecule has 2 aromatic rings. The number of phenols is 1. The SMILES string of the molecule is CC(=O)N[C@H](C(=O)N[C@@H](C)C(=O)Nc1ccc2c(c1)[C@@]1(C)CCC[C@](C)(C(=O)NC(=O)[C@@]3(C)CCC[C@]4(C)c5cc(O)ccc5CC[C@@H]34)[C@@H]1CC2)C(C)C. The first-order valence-electron chi connectivity index (χ1n) is 20.0. The van der Waals surface area contributed by atoms with Crippen molar-refractivity contribution in [1.29, 1.82) is 0 Å². The third-order valence-corrected chi connectivity index (χ3v) is 14.3. The van der Waals surface area contributed by atoms with Crippen LogP contribution in [0.5, 0.6) is 5.75 Å². The molecule has 6 rings (SSSR count). The molecule has 4 aliphatic carbocycles. The number of carbonyl (C=O) groups excluding carboxylic acids is 5. The molecule has 292 valence electrons. The molecule has 5 N–H and O–H groups in total. The molecule has 0 heterocycles. The molecule has 0 aliphatic heterocycles. The van der Waals surface area contributed by atoms with Gasteiger partial charge < -0.3 is 21.1 Å². The lowest BCUT2D eigenvalue weighted by atomic mass is 9.49. The number of phenolic OH excluding ortho intramolecular Hbond substituents is 1. The smallest absolute Gasteiger partial charge is 0.246 e. The van der Waals surface area contributed by atoms with Crippen LogP contribution in [0.3, 0.4) is 0 Å². The Morgan fingerprint density at radius 2 is 1.22 bits per heavy atom. The third-order valence-electron chi connectivity index (χ3n) is 14.3. The zero-order valence-electron chi connectivity index (χ0n) is 33.4. The van der Waals surface area contributed by atoms with Crippen molar-refractivity contribution in [3.05, 3.63) is 58.7 Å². The molecular formula is C44H60N4O6. The number of rotatable bonds is 8. The van der Waals surface area contributed by atoms with Crippen molar-refractivity contribution < 1.29 is 29.1 Å². The number of imide groups is 1. The Morgan fingerprint density at radius 1 is 0.704 bits per heavy atom. The van der Waals surface area contributed by atoms with Gasteiger partial charge in [-0.3, -0.25) is 29.3 Å². The lowest BCUT2D eigenvalue weighted by Gasteiger charge is -2.56. The Bertz CT molecular complexity index is 1860. The summed E-state index contributed by atoms with van der Waals surface area (Å²) in [5.41, 5.74) is 3.20. The number of fused-ring (bicyclic) bond motifs is 6. The van der Waals surface area contributed by atoms with E-state index in [1.165, 1.54) is 18.1 Å². The number of anilines is 1. The minimum Gasteiger partial charge on any atom is -0.508 e. The van der Waals surface area contributed by atoms with Gasteiger partial charge in [-0.15, -0.1) is 0 Å². The fourth-order valence-corrected chi connectivity index (χ4v) is 11.3. The van der Waals surface area contributed by atoms with Crippen molar-refractivity contribution in [2.24, 2.45) is 28.6 Å². The van der Waals surface area contributed by atoms with E-state index in [2.05, 4.69) is 41.2 Å². The Labute approximate surface area is 320 Å². The van der Waals surface area contributed by atoms with Crippen LogP contribution in [0.1, 0.15) is 129 Å². The minimum absolute atomic E-state index is 0.0149. The van der Waals surface area contributed by atoms with Crippen LogP contribution < -0.4 is 21.3 Å². The van der Waals surface area contributed by atoms with Gasteiger partial charge in [0.2, 0.25) is 29.5 Å². The molecule has 8 atom stereocenters. The molecule has 0 bridgehead atoms. The number of hydrogen-bond donors (Lipinski definition) is 5. The molecular weight excluding hydrogens is 681 g/mol. The molecule has 10 nitrogen and oxygen atoms in total. The van der Waals surface area contributed by atoms with Gasteiger partial charge in [0.15, 0.2) is 0 Å². The van der Waals surface area contributed by atoms with Crippen LogP contribution in [0, 0.1) is 28.6 Å². The summed E-state index contributed by atoms with van der Waals surface area (Å²) < 4.78 is 0. The fourth-order valence-electron chi connectivity index (χ4n) is 11.3. The van der Waals surface area contributed by atoms with Gasteiger partial charge in [0.05, 0.1) is 10.8 Å². The molecule has 5 amide bonds. The van der Waals surface area contributed by atoms with Crippen molar-refractivity contribution in [3.63, 3.8) is 0 Å². The average molecular weight is 741 g/mol. The summed E-state index contributed by atoms with van der Waals surface area (Å²) in [7, 11) is 0. The van der Waals surface area contributed by atoms with Gasteiger partial charge in [-0.1, -0.05) is 66.5 Å². The highest BCUT2D eigenvalue weighted by Gasteiger charge is 2.58. The summed E-state index contributed by atoms with van der Waals surface area (Å²) in [5.74, 6) is -1.36. The van der Waals surface area contributed by atoms with Crippen molar-refractivity contribution in [3.8, 4) is 5.75 Å². The molecule has 0 unspecified atom stereocenters. The number of aromatic hydroxyl groups is 1. The first-order chi connectivity index (χ1) is 25.3. The average Bonchev–Trinajstić information content (AvgIpc) is 3.10. The maximum absolute atomic E-state index is 14.6. The van der Waals surface area contributed by atoms with Crippen LogP contribution in [-0.4, -0.2) is 46.7 Å². The second kappa shape index (κ2) is 14.5. The van der Waals surface area contributed by atoms with Crippen LogP contribution in [0.2, 0.25) is 0 Å². The third kappa shape index (κ3) is 6.83. The predicted octanol–water partition coefficient (Wildman–Crippen LogP) is 6.36. The van der Waals surface area contributed by atoms with Gasteiger partial charge in [0.1, 0.15) is 17.8 Å². The van der Waals surface area contributed by atoms with E-state index < -0.39 is 28.8 Å². The molecule has 2 saturated carbocycles. The van der Waals surface area contributed by atoms with Crippen LogP contribution in [0.25, 0.3) is 0 Å². The largest absolute Gasteiger partial charge is 0.508 e. The van der Waals surface area contributed by atoms with Crippen molar-refractivity contribution in [2.75, 3.05) is 5.32 Å². The number of aryl methyl sites for hydroxylation is 2. The number of nitrogens with one attached hydrogen (secondary N) is 4. The van der Waals surface area contributed by atoms with Gasteiger partial charge in [-0.2, -0.15) is 0 Å². The number of hydrogen-bond acceptors (Lipinski definition) is 6. The van der Waals surface area contributed by atoms with Crippen LogP contribution in [0.15, 0.2) is 36.4 Å². The van der Waals surface area contributed by atoms with E-state index in [1.807, 2.05) is 52.0 Å². The Morgan fingerprint density at radius 3 is 1.74 bits per heavy atom. The van der Waals surface area contributed by atoms with Gasteiger partial charge in [-0.05, 0) is 133 Å². The van der Waals surface area contributed by atoms with Crippen molar-refractivity contribution in [1.82, 2.24) is 16.0 Å². The first-order valence-corrected chi connectivity index (χ1v) is 20.0. The molecule has 0 spiro atoms. The van der Waals surface area contributed by atoms with Gasteiger partial charge >= 0.3 is 0 Å². The normalized spacial score (nSPS) is 31.0. The second-order valence-corrected chi connectivity index (χ2v) is 18.2. The maximum Gasteiger partial charge on any atom is 0.246 e. The highest BCUT2D eigenvalue weighted by molar-refractivity contribution is 6.01. The van der Waals surface area contributed by atoms with E-state index in [0.717, 1.165) is 68.9 Å². The molecule has 0 radical (unpaired) electrons. The molecule has 0 saturated heterocycles. The first kappa shape index (κ1) is 39.5. The van der Waals surface area contributed by atoms with Crippen LogP contribution in [-0.2, 0) is 47.6 Å². The molecule has 54 heavy (non-hydrogen) atoms. The predicted molar refractivity (Wildman–Crippen MR) is 209 cm³/mol. The summed E-state index contributed by atoms with van der Waals surface area (Å²) in [4.78, 5) is 66.9. The summed E-state index contributed by atoms with van der Waals surface area (Å²) in [6.07, 6.45) is 8.24. The standard InChI is InChI=1S/C44H60N4O6/c1-25(2)36(46-27(4)49)38(52)45-26(3)37(51)47-30-15-11-28-13-17-34-41(5,32(28)23-30)19-9-21-43(34,7)39(53)48-40(54)44(8)22-10-20-42(6)33-24-31(50)16-12-29(33)14-18-35(42)44/h11-12,15-16,23-26,34-36,50H,9-10,13-14,17-22H2,1-8H3,(H,45,52)(H,46,49)(H,47,51)(H,48,53,54)/t26-,34+,35+,36-,41+,42+,43-,44-/m0/s1. The van der Waals surface area contributed by atoms with Crippen molar-refractivity contribution in [2.45, 2.75) is 143 Å². The molecule has 4 aliphatic rings. The Balaban J connectivity index is 1.18. The topological polar surface area (TPSA) is 154 Å². The maximum atomic E-state index is 14.6. The Kier molecular flexibility index (Phi) is 10.6. The second-order valence-electron chi connectivity index (χ2n) is 18.2. The monoisotopic (exact) mass is 740 g/mol. The van der Waals surface area contributed by atoms with Crippen LogP contribution >= 0.6 is 0 Å². The molecule has 2 aromatic carbocycles. The Hall–Kier alpha value is -4.21. The van der Waals surface area contributed by atoms with E-state index in [-0.39, 0.29) is 58.0 Å². The minimum atomic E-state index is -0.842. The lowest BCUT2D eigenvalue weighted by Crippen LogP contribution is -2.60. The molecule has 0 aromatic heterocycles. The number of amides is 5. The van der Waals surface area contributed by atoms with E-state index in [4.69, 9.17) is 0 Å². The van der Waals surface area contributed by atoms with E-state index in [1.54, 1.807) is 13.0 Å². The van der Waals surface area contributed by atoms with Gasteiger partial charge in [0.25, 0.3) is 0 Å². The van der Waals surface area contributed by atoms with Crippen molar-refractivity contribution >= 4 is 35.2 Å². The molecule has 10 heteroatoms. The molecule has 2 fully saturated rings. The number of carbonyl (C=O) groups is 5. The van der Waals surface area contributed by atoms with E-state index in [0.29, 0.717) is 12.1 Å². The van der Waals surface area contributed by atoms with Gasteiger partial charge in [0, 0.05) is 12.6 Å². The fraction of sp³-hybridized carbons (Fsp3) is 0.614. The van der Waals surface area contributed by atoms with E-state index in [9.17, 15) is 29.1 Å². The summed E-state index contributed by atoms with van der Waals surface area (Å²) >= 11 is 0. The number of benzene rings is 2. The van der Waals surface area contributed by atoms with E-state index >= 15 is 0 Å². The summed E-state index contributed by atoms with van der Waals surface area (Å²) in [6, 6.07) is 10.0. The lowest BCUT2D eigenvalue weighted by molar-refractivity contribution is -0.150. The zero-order chi connectivity index (χ0) is 39.4.